The van der Waals surface area contributed by atoms with Crippen LogP contribution in [0.2, 0.25) is 0 Å². The molecule has 0 atom stereocenters. The van der Waals surface area contributed by atoms with E-state index in [1.54, 1.807) is 25.3 Å². The average Bonchev–Trinajstić information content (AvgIpc) is 3.08. The highest BCUT2D eigenvalue weighted by Gasteiger charge is 2.42. The molecule has 1 aliphatic carbocycles. The SMILES string of the molecule is COc1cccc2c(=O)[nH]c(C3(N)CC3)nc12. The molecule has 1 aromatic heterocycles. The van der Waals surface area contributed by atoms with Crippen LogP contribution in [0.5, 0.6) is 5.75 Å². The average molecular weight is 231 g/mol. The number of ether oxygens (including phenoxy) is 1. The number of hydrogen-bond acceptors (Lipinski definition) is 4. The van der Waals surface area contributed by atoms with E-state index in [-0.39, 0.29) is 5.56 Å². The third-order valence-electron chi connectivity index (χ3n) is 3.18. The number of nitrogens with two attached hydrogens (primary N) is 1. The molecular weight excluding hydrogens is 218 g/mol. The number of aromatic amines is 1. The van der Waals surface area contributed by atoms with Crippen molar-refractivity contribution in [1.82, 2.24) is 9.97 Å². The molecule has 0 saturated heterocycles. The number of para-hydroxylation sites is 1. The lowest BCUT2D eigenvalue weighted by Crippen LogP contribution is -2.26. The summed E-state index contributed by atoms with van der Waals surface area (Å²) in [4.78, 5) is 19.1. The van der Waals surface area contributed by atoms with Gasteiger partial charge in [0.15, 0.2) is 0 Å². The predicted octanol–water partition coefficient (Wildman–Crippen LogP) is 0.879. The van der Waals surface area contributed by atoms with Gasteiger partial charge in [0.25, 0.3) is 5.56 Å². The smallest absolute Gasteiger partial charge is 0.258 e. The van der Waals surface area contributed by atoms with Gasteiger partial charge in [-0.2, -0.15) is 0 Å². The molecule has 88 valence electrons. The minimum atomic E-state index is -0.450. The topological polar surface area (TPSA) is 81.0 Å². The zero-order valence-corrected chi connectivity index (χ0v) is 9.49. The lowest BCUT2D eigenvalue weighted by atomic mass is 10.2. The van der Waals surface area contributed by atoms with Gasteiger partial charge in [-0.1, -0.05) is 6.07 Å². The largest absolute Gasteiger partial charge is 0.494 e. The quantitative estimate of drug-likeness (QED) is 0.803. The first-order valence-corrected chi connectivity index (χ1v) is 5.50. The van der Waals surface area contributed by atoms with Gasteiger partial charge in [-0.25, -0.2) is 4.98 Å². The van der Waals surface area contributed by atoms with Crippen molar-refractivity contribution in [2.45, 2.75) is 18.4 Å². The first kappa shape index (κ1) is 10.3. The highest BCUT2D eigenvalue weighted by atomic mass is 16.5. The van der Waals surface area contributed by atoms with Crippen LogP contribution >= 0.6 is 0 Å². The number of benzene rings is 1. The third kappa shape index (κ3) is 1.51. The molecule has 0 bridgehead atoms. The van der Waals surface area contributed by atoms with Gasteiger partial charge in [0.2, 0.25) is 0 Å². The van der Waals surface area contributed by atoms with Gasteiger partial charge in [0, 0.05) is 0 Å². The van der Waals surface area contributed by atoms with E-state index in [0.717, 1.165) is 12.8 Å². The molecule has 3 rings (SSSR count). The monoisotopic (exact) mass is 231 g/mol. The maximum absolute atomic E-state index is 11.9. The highest BCUT2D eigenvalue weighted by molar-refractivity contribution is 5.83. The molecule has 1 aromatic carbocycles. The summed E-state index contributed by atoms with van der Waals surface area (Å²) in [7, 11) is 1.56. The third-order valence-corrected chi connectivity index (χ3v) is 3.18. The van der Waals surface area contributed by atoms with Crippen molar-refractivity contribution in [3.63, 3.8) is 0 Å². The molecule has 1 heterocycles. The van der Waals surface area contributed by atoms with Crippen molar-refractivity contribution in [1.29, 1.82) is 0 Å². The Balaban J connectivity index is 2.34. The summed E-state index contributed by atoms with van der Waals surface area (Å²) >= 11 is 0. The van der Waals surface area contributed by atoms with E-state index in [9.17, 15) is 4.79 Å². The van der Waals surface area contributed by atoms with Crippen molar-refractivity contribution in [2.24, 2.45) is 5.73 Å². The molecule has 0 spiro atoms. The number of methoxy groups -OCH3 is 1. The minimum Gasteiger partial charge on any atom is -0.494 e. The summed E-state index contributed by atoms with van der Waals surface area (Å²) in [5.41, 5.74) is 6.00. The van der Waals surface area contributed by atoms with Crippen molar-refractivity contribution in [3.05, 3.63) is 34.4 Å². The molecule has 5 nitrogen and oxygen atoms in total. The van der Waals surface area contributed by atoms with E-state index in [4.69, 9.17) is 10.5 Å². The molecule has 17 heavy (non-hydrogen) atoms. The van der Waals surface area contributed by atoms with Crippen LogP contribution in [0, 0.1) is 0 Å². The van der Waals surface area contributed by atoms with E-state index >= 15 is 0 Å². The first-order chi connectivity index (χ1) is 8.14. The van der Waals surface area contributed by atoms with Crippen molar-refractivity contribution < 1.29 is 4.74 Å². The zero-order valence-electron chi connectivity index (χ0n) is 9.49. The molecule has 0 aliphatic heterocycles. The predicted molar refractivity (Wildman–Crippen MR) is 64.0 cm³/mol. The maximum atomic E-state index is 11.9. The summed E-state index contributed by atoms with van der Waals surface area (Å²) in [5.74, 6) is 1.15. The Kier molecular flexibility index (Phi) is 2.00. The van der Waals surface area contributed by atoms with Gasteiger partial charge < -0.3 is 15.5 Å². The van der Waals surface area contributed by atoms with E-state index in [2.05, 4.69) is 9.97 Å². The van der Waals surface area contributed by atoms with E-state index in [1.807, 2.05) is 0 Å². The molecule has 3 N–H and O–H groups in total. The molecule has 1 aliphatic rings. The molecular formula is C12H13N3O2. The number of aromatic nitrogens is 2. The molecule has 5 heteroatoms. The Morgan fingerprint density at radius 1 is 1.47 bits per heavy atom. The standard InChI is InChI=1S/C12H13N3O2/c1-17-8-4-2-3-7-9(8)14-11(15-10(7)16)12(13)5-6-12/h2-4H,5-6,13H2,1H3,(H,14,15,16). The van der Waals surface area contributed by atoms with Crippen molar-refractivity contribution in [3.8, 4) is 5.75 Å². The van der Waals surface area contributed by atoms with Crippen LogP contribution in [-0.2, 0) is 5.54 Å². The highest BCUT2D eigenvalue weighted by Crippen LogP contribution is 2.40. The molecule has 0 radical (unpaired) electrons. The zero-order chi connectivity index (χ0) is 12.0. The minimum absolute atomic E-state index is 0.166. The normalized spacial score (nSPS) is 17.1. The number of H-pyrrole nitrogens is 1. The summed E-state index contributed by atoms with van der Waals surface area (Å²) in [6.07, 6.45) is 1.72. The van der Waals surface area contributed by atoms with Gasteiger partial charge >= 0.3 is 0 Å². The molecule has 1 saturated carbocycles. The van der Waals surface area contributed by atoms with Gasteiger partial charge in [-0.05, 0) is 25.0 Å². The first-order valence-electron chi connectivity index (χ1n) is 5.50. The summed E-state index contributed by atoms with van der Waals surface area (Å²) in [6.45, 7) is 0. The second-order valence-corrected chi connectivity index (χ2v) is 4.43. The van der Waals surface area contributed by atoms with Crippen LogP contribution in [0.1, 0.15) is 18.7 Å². The Morgan fingerprint density at radius 2 is 2.24 bits per heavy atom. The fraction of sp³-hybridized carbons (Fsp3) is 0.333. The Bertz CT molecular complexity index is 644. The Hall–Kier alpha value is -1.88. The molecule has 0 amide bonds. The number of nitrogens with one attached hydrogen (secondary N) is 1. The van der Waals surface area contributed by atoms with Crippen LogP contribution < -0.4 is 16.0 Å². The second kappa shape index (κ2) is 3.30. The molecule has 0 unspecified atom stereocenters. The molecule has 1 fully saturated rings. The number of fused-ring (bicyclic) bond motifs is 1. The Labute approximate surface area is 97.6 Å². The van der Waals surface area contributed by atoms with Crippen LogP contribution in [0.15, 0.2) is 23.0 Å². The van der Waals surface area contributed by atoms with Crippen LogP contribution in [0.3, 0.4) is 0 Å². The second-order valence-electron chi connectivity index (χ2n) is 4.43. The number of hydrogen-bond donors (Lipinski definition) is 2. The van der Waals surface area contributed by atoms with Crippen molar-refractivity contribution in [2.75, 3.05) is 7.11 Å². The Morgan fingerprint density at radius 3 is 2.88 bits per heavy atom. The fourth-order valence-electron chi connectivity index (χ4n) is 1.91. The van der Waals surface area contributed by atoms with Crippen molar-refractivity contribution >= 4 is 10.9 Å². The molecule has 2 aromatic rings. The summed E-state index contributed by atoms with van der Waals surface area (Å²) in [6, 6.07) is 5.28. The summed E-state index contributed by atoms with van der Waals surface area (Å²) in [5, 5.41) is 0.525. The van der Waals surface area contributed by atoms with E-state index in [1.165, 1.54) is 0 Å². The number of rotatable bonds is 2. The number of nitrogens with zero attached hydrogens (tertiary/aromatic N) is 1. The van der Waals surface area contributed by atoms with Gasteiger partial charge in [-0.15, -0.1) is 0 Å². The maximum Gasteiger partial charge on any atom is 0.258 e. The van der Waals surface area contributed by atoms with E-state index < -0.39 is 5.54 Å². The van der Waals surface area contributed by atoms with Gasteiger partial charge in [-0.3, -0.25) is 4.79 Å². The summed E-state index contributed by atoms with van der Waals surface area (Å²) < 4.78 is 5.21. The fourth-order valence-corrected chi connectivity index (χ4v) is 1.91. The van der Waals surface area contributed by atoms with Crippen LogP contribution in [0.25, 0.3) is 10.9 Å². The van der Waals surface area contributed by atoms with Gasteiger partial charge in [0.1, 0.15) is 17.1 Å². The van der Waals surface area contributed by atoms with E-state index in [0.29, 0.717) is 22.5 Å². The van der Waals surface area contributed by atoms with Crippen LogP contribution in [-0.4, -0.2) is 17.1 Å². The lowest BCUT2D eigenvalue weighted by molar-refractivity contribution is 0.418. The van der Waals surface area contributed by atoms with Crippen LogP contribution in [0.4, 0.5) is 0 Å². The van der Waals surface area contributed by atoms with Gasteiger partial charge in [0.05, 0.1) is 18.0 Å². The lowest BCUT2D eigenvalue weighted by Gasteiger charge is -2.10.